The second kappa shape index (κ2) is 7.98. The van der Waals surface area contributed by atoms with Gasteiger partial charge in [-0.1, -0.05) is 11.6 Å². The van der Waals surface area contributed by atoms with E-state index in [0.29, 0.717) is 10.8 Å². The standard InChI is InChI=1S/C18H18ClFN2O3/c1-10(2)21-18(24)14-6-4-11(19)8-16(14)22-17(23)13-7-5-12(25-3)9-15(13)20/h4-10H,1-3H3,(H,21,24)(H,22,23). The van der Waals surface area contributed by atoms with Crippen LogP contribution < -0.4 is 15.4 Å². The van der Waals surface area contributed by atoms with Gasteiger partial charge < -0.3 is 15.4 Å². The number of carbonyl (C=O) groups excluding carboxylic acids is 2. The van der Waals surface area contributed by atoms with Crippen LogP contribution in [-0.4, -0.2) is 25.0 Å². The van der Waals surface area contributed by atoms with Gasteiger partial charge in [-0.2, -0.15) is 0 Å². The Kier molecular flexibility index (Phi) is 5.98. The van der Waals surface area contributed by atoms with E-state index >= 15 is 0 Å². The minimum absolute atomic E-state index is 0.0780. The molecule has 0 aliphatic carbocycles. The van der Waals surface area contributed by atoms with Crippen molar-refractivity contribution in [3.05, 3.63) is 58.4 Å². The highest BCUT2D eigenvalue weighted by Crippen LogP contribution is 2.23. The molecule has 7 heteroatoms. The van der Waals surface area contributed by atoms with Gasteiger partial charge in [0.05, 0.1) is 23.9 Å². The summed E-state index contributed by atoms with van der Waals surface area (Å²) in [5.74, 6) is -1.49. The summed E-state index contributed by atoms with van der Waals surface area (Å²) >= 11 is 5.95. The largest absolute Gasteiger partial charge is 0.497 e. The van der Waals surface area contributed by atoms with E-state index in [2.05, 4.69) is 10.6 Å². The molecule has 0 heterocycles. The molecule has 0 radical (unpaired) electrons. The van der Waals surface area contributed by atoms with Crippen LogP contribution in [0.3, 0.4) is 0 Å². The van der Waals surface area contributed by atoms with Gasteiger partial charge in [-0.15, -0.1) is 0 Å². The Bertz CT molecular complexity index is 809. The van der Waals surface area contributed by atoms with Crippen LogP contribution in [0.1, 0.15) is 34.6 Å². The first kappa shape index (κ1) is 18.7. The van der Waals surface area contributed by atoms with Crippen LogP contribution in [0, 0.1) is 5.82 Å². The zero-order chi connectivity index (χ0) is 18.6. The summed E-state index contributed by atoms with van der Waals surface area (Å²) in [6.07, 6.45) is 0. The Morgan fingerprint density at radius 2 is 1.76 bits per heavy atom. The fraction of sp³-hybridized carbons (Fsp3) is 0.222. The Labute approximate surface area is 150 Å². The van der Waals surface area contributed by atoms with Crippen LogP contribution in [0.5, 0.6) is 5.75 Å². The summed E-state index contributed by atoms with van der Waals surface area (Å²) in [5.41, 5.74) is 0.266. The van der Waals surface area contributed by atoms with E-state index in [1.54, 1.807) is 6.07 Å². The number of halogens is 2. The van der Waals surface area contributed by atoms with Gasteiger partial charge >= 0.3 is 0 Å². The Hall–Kier alpha value is -2.60. The molecule has 2 aromatic rings. The van der Waals surface area contributed by atoms with E-state index in [4.69, 9.17) is 16.3 Å². The van der Waals surface area contributed by atoms with Crippen molar-refractivity contribution in [3.63, 3.8) is 0 Å². The van der Waals surface area contributed by atoms with Crippen molar-refractivity contribution >= 4 is 29.1 Å². The summed E-state index contributed by atoms with van der Waals surface area (Å²) in [6, 6.07) is 8.30. The Balaban J connectivity index is 2.31. The summed E-state index contributed by atoms with van der Waals surface area (Å²) in [6.45, 7) is 3.64. The molecule has 2 amide bonds. The molecule has 0 saturated heterocycles. The highest BCUT2D eigenvalue weighted by molar-refractivity contribution is 6.31. The van der Waals surface area contributed by atoms with Crippen molar-refractivity contribution in [2.75, 3.05) is 12.4 Å². The number of hydrogen-bond acceptors (Lipinski definition) is 3. The second-order valence-corrected chi connectivity index (χ2v) is 6.05. The first-order valence-corrected chi connectivity index (χ1v) is 7.95. The van der Waals surface area contributed by atoms with Crippen molar-refractivity contribution in [2.24, 2.45) is 0 Å². The predicted molar refractivity (Wildman–Crippen MR) is 95.0 cm³/mol. The van der Waals surface area contributed by atoms with Gasteiger partial charge in [0.25, 0.3) is 11.8 Å². The molecule has 132 valence electrons. The van der Waals surface area contributed by atoms with Crippen LogP contribution in [0.25, 0.3) is 0 Å². The minimum Gasteiger partial charge on any atom is -0.497 e. The summed E-state index contributed by atoms with van der Waals surface area (Å²) in [4.78, 5) is 24.6. The lowest BCUT2D eigenvalue weighted by Crippen LogP contribution is -2.31. The number of amides is 2. The molecule has 0 aliphatic heterocycles. The number of carbonyl (C=O) groups is 2. The molecule has 0 atom stereocenters. The average Bonchev–Trinajstić information content (AvgIpc) is 2.53. The number of anilines is 1. The lowest BCUT2D eigenvalue weighted by Gasteiger charge is -2.14. The van der Waals surface area contributed by atoms with E-state index in [1.165, 1.54) is 31.4 Å². The lowest BCUT2D eigenvalue weighted by molar-refractivity contribution is 0.0944. The maximum Gasteiger partial charge on any atom is 0.258 e. The number of nitrogens with one attached hydrogen (secondary N) is 2. The molecule has 2 aromatic carbocycles. The van der Waals surface area contributed by atoms with E-state index in [9.17, 15) is 14.0 Å². The van der Waals surface area contributed by atoms with Crippen molar-refractivity contribution in [2.45, 2.75) is 19.9 Å². The molecule has 0 unspecified atom stereocenters. The molecule has 0 saturated carbocycles. The summed E-state index contributed by atoms with van der Waals surface area (Å²) in [5, 5.41) is 5.61. The van der Waals surface area contributed by atoms with Crippen LogP contribution in [-0.2, 0) is 0 Å². The van der Waals surface area contributed by atoms with Crippen molar-refractivity contribution in [1.82, 2.24) is 5.32 Å². The Morgan fingerprint density at radius 1 is 1.08 bits per heavy atom. The third-order valence-electron chi connectivity index (χ3n) is 3.32. The monoisotopic (exact) mass is 364 g/mol. The molecule has 0 fully saturated rings. The number of rotatable bonds is 5. The quantitative estimate of drug-likeness (QED) is 0.846. The van der Waals surface area contributed by atoms with Crippen LogP contribution in [0.15, 0.2) is 36.4 Å². The van der Waals surface area contributed by atoms with Gasteiger partial charge in [0.1, 0.15) is 11.6 Å². The van der Waals surface area contributed by atoms with E-state index < -0.39 is 11.7 Å². The molecule has 0 aromatic heterocycles. The van der Waals surface area contributed by atoms with Gasteiger partial charge in [0, 0.05) is 17.1 Å². The smallest absolute Gasteiger partial charge is 0.258 e. The SMILES string of the molecule is COc1ccc(C(=O)Nc2cc(Cl)ccc2C(=O)NC(C)C)c(F)c1. The summed E-state index contributed by atoms with van der Waals surface area (Å²) < 4.78 is 19.0. The maximum absolute atomic E-state index is 14.1. The molecule has 2 N–H and O–H groups in total. The van der Waals surface area contributed by atoms with Crippen LogP contribution in [0.4, 0.5) is 10.1 Å². The van der Waals surface area contributed by atoms with Gasteiger partial charge in [0.15, 0.2) is 0 Å². The first-order valence-electron chi connectivity index (χ1n) is 7.57. The normalized spacial score (nSPS) is 10.5. The zero-order valence-electron chi connectivity index (χ0n) is 14.0. The van der Waals surface area contributed by atoms with Crippen molar-refractivity contribution in [3.8, 4) is 5.75 Å². The molecule has 2 rings (SSSR count). The second-order valence-electron chi connectivity index (χ2n) is 5.62. The van der Waals surface area contributed by atoms with Gasteiger partial charge in [0.2, 0.25) is 0 Å². The molecular weight excluding hydrogens is 347 g/mol. The fourth-order valence-electron chi connectivity index (χ4n) is 2.15. The molecular formula is C18H18ClFN2O3. The van der Waals surface area contributed by atoms with Gasteiger partial charge in [-0.3, -0.25) is 9.59 Å². The predicted octanol–water partition coefficient (Wildman–Crippen LogP) is 3.88. The van der Waals surface area contributed by atoms with E-state index in [1.807, 2.05) is 13.8 Å². The number of methoxy groups -OCH3 is 1. The lowest BCUT2D eigenvalue weighted by atomic mass is 10.1. The highest BCUT2D eigenvalue weighted by Gasteiger charge is 2.18. The fourth-order valence-corrected chi connectivity index (χ4v) is 2.33. The van der Waals surface area contributed by atoms with Gasteiger partial charge in [-0.05, 0) is 44.2 Å². The topological polar surface area (TPSA) is 67.4 Å². The third-order valence-corrected chi connectivity index (χ3v) is 3.55. The molecule has 5 nitrogen and oxygen atoms in total. The molecule has 0 bridgehead atoms. The van der Waals surface area contributed by atoms with E-state index in [0.717, 1.165) is 6.07 Å². The number of hydrogen-bond donors (Lipinski definition) is 2. The molecule has 0 spiro atoms. The third kappa shape index (κ3) is 4.70. The zero-order valence-corrected chi connectivity index (χ0v) is 14.8. The minimum atomic E-state index is -0.730. The van der Waals surface area contributed by atoms with Crippen molar-refractivity contribution < 1.29 is 18.7 Å². The molecule has 25 heavy (non-hydrogen) atoms. The average molecular weight is 365 g/mol. The first-order chi connectivity index (χ1) is 11.8. The van der Waals surface area contributed by atoms with Crippen molar-refractivity contribution in [1.29, 1.82) is 0 Å². The van der Waals surface area contributed by atoms with E-state index in [-0.39, 0.29) is 28.8 Å². The summed E-state index contributed by atoms with van der Waals surface area (Å²) in [7, 11) is 1.40. The van der Waals surface area contributed by atoms with Crippen LogP contribution >= 0.6 is 11.6 Å². The number of ether oxygens (including phenoxy) is 1. The Morgan fingerprint density at radius 3 is 2.36 bits per heavy atom. The molecule has 0 aliphatic rings. The number of benzene rings is 2. The van der Waals surface area contributed by atoms with Gasteiger partial charge in [-0.25, -0.2) is 4.39 Å². The highest BCUT2D eigenvalue weighted by atomic mass is 35.5. The van der Waals surface area contributed by atoms with Crippen LogP contribution in [0.2, 0.25) is 5.02 Å². The maximum atomic E-state index is 14.1.